The van der Waals surface area contributed by atoms with Crippen molar-refractivity contribution in [2.24, 2.45) is 17.8 Å². The number of hydrogen-bond acceptors (Lipinski definition) is 3. The third-order valence-corrected chi connectivity index (χ3v) is 6.92. The molecule has 4 bridgehead atoms. The maximum Gasteiger partial charge on any atom is 0.272 e. The molecule has 4 nitrogen and oxygen atoms in total. The average Bonchev–Trinajstić information content (AvgIpc) is 3.17. The first-order valence-electron chi connectivity index (χ1n) is 8.61. The van der Waals surface area contributed by atoms with Gasteiger partial charge < -0.3 is 5.32 Å². The van der Waals surface area contributed by atoms with Crippen LogP contribution in [0.5, 0.6) is 0 Å². The van der Waals surface area contributed by atoms with E-state index < -0.39 is 0 Å². The zero-order valence-corrected chi connectivity index (χ0v) is 13.9. The maximum absolute atomic E-state index is 12.7. The van der Waals surface area contributed by atoms with Crippen LogP contribution in [0, 0.1) is 17.8 Å². The lowest BCUT2D eigenvalue weighted by Crippen LogP contribution is -2.59. The molecule has 1 amide bonds. The normalized spacial score (nSPS) is 34.7. The summed E-state index contributed by atoms with van der Waals surface area (Å²) in [6.07, 6.45) is 7.69. The van der Waals surface area contributed by atoms with Crippen LogP contribution in [0.25, 0.3) is 10.6 Å². The highest BCUT2D eigenvalue weighted by Gasteiger charge is 2.51. The molecule has 23 heavy (non-hydrogen) atoms. The van der Waals surface area contributed by atoms with Crippen LogP contribution in [-0.2, 0) is 0 Å². The van der Waals surface area contributed by atoms with Gasteiger partial charge in [-0.15, -0.1) is 11.3 Å². The first-order valence-corrected chi connectivity index (χ1v) is 9.49. The largest absolute Gasteiger partial charge is 0.345 e. The lowest BCUT2D eigenvalue weighted by molar-refractivity contribution is -0.0167. The van der Waals surface area contributed by atoms with E-state index in [0.717, 1.165) is 28.3 Å². The van der Waals surface area contributed by atoms with Gasteiger partial charge in [0.1, 0.15) is 0 Å². The van der Waals surface area contributed by atoms with E-state index in [1.165, 1.54) is 38.5 Å². The molecule has 4 aliphatic carbocycles. The minimum atomic E-state index is -0.00833. The lowest BCUT2D eigenvalue weighted by Gasteiger charge is -2.56. The molecular weight excluding hydrogens is 306 g/mol. The van der Waals surface area contributed by atoms with Gasteiger partial charge >= 0.3 is 0 Å². The number of carbonyl (C=O) groups is 1. The Hall–Kier alpha value is -1.62. The fourth-order valence-electron chi connectivity index (χ4n) is 5.56. The Kier molecular flexibility index (Phi) is 2.96. The molecule has 0 unspecified atom stereocenters. The average molecular weight is 327 g/mol. The van der Waals surface area contributed by atoms with E-state index >= 15 is 0 Å². The second kappa shape index (κ2) is 4.94. The molecule has 120 valence electrons. The van der Waals surface area contributed by atoms with Gasteiger partial charge in [0, 0.05) is 5.54 Å². The smallest absolute Gasteiger partial charge is 0.272 e. The molecular formula is C18H21N3OS. The van der Waals surface area contributed by atoms with Gasteiger partial charge in [-0.25, -0.2) is 0 Å². The monoisotopic (exact) mass is 327 g/mol. The van der Waals surface area contributed by atoms with E-state index in [9.17, 15) is 4.79 Å². The van der Waals surface area contributed by atoms with E-state index in [4.69, 9.17) is 0 Å². The summed E-state index contributed by atoms with van der Waals surface area (Å²) in [6.45, 7) is 0. The topological polar surface area (TPSA) is 57.8 Å². The zero-order valence-electron chi connectivity index (χ0n) is 13.0. The third-order valence-electron chi connectivity index (χ3n) is 6.01. The van der Waals surface area contributed by atoms with Crippen molar-refractivity contribution in [1.82, 2.24) is 15.5 Å². The molecule has 4 fully saturated rings. The predicted molar refractivity (Wildman–Crippen MR) is 90.3 cm³/mol. The number of hydrogen-bond donors (Lipinski definition) is 2. The summed E-state index contributed by atoms with van der Waals surface area (Å²) in [4.78, 5) is 13.8. The van der Waals surface area contributed by atoms with E-state index in [-0.39, 0.29) is 11.4 Å². The second-order valence-electron chi connectivity index (χ2n) is 7.80. The minimum absolute atomic E-state index is 0.00833. The Morgan fingerprint density at radius 2 is 1.91 bits per heavy atom. The van der Waals surface area contributed by atoms with Crippen molar-refractivity contribution < 1.29 is 4.79 Å². The molecule has 2 heterocycles. The number of aromatic amines is 1. The highest BCUT2D eigenvalue weighted by molar-refractivity contribution is 7.13. The summed E-state index contributed by atoms with van der Waals surface area (Å²) in [5, 5.41) is 12.7. The highest BCUT2D eigenvalue weighted by atomic mass is 32.1. The summed E-state index contributed by atoms with van der Waals surface area (Å²) >= 11 is 1.65. The van der Waals surface area contributed by atoms with E-state index in [0.29, 0.717) is 5.69 Å². The molecule has 0 aliphatic heterocycles. The lowest BCUT2D eigenvalue weighted by atomic mass is 9.53. The zero-order chi connectivity index (χ0) is 15.4. The van der Waals surface area contributed by atoms with Crippen molar-refractivity contribution in [1.29, 1.82) is 0 Å². The van der Waals surface area contributed by atoms with Crippen molar-refractivity contribution in [2.75, 3.05) is 0 Å². The fourth-order valence-corrected chi connectivity index (χ4v) is 6.26. The summed E-state index contributed by atoms with van der Waals surface area (Å²) in [5.74, 6) is 2.50. The van der Waals surface area contributed by atoms with E-state index in [2.05, 4.69) is 15.5 Å². The van der Waals surface area contributed by atoms with Crippen LogP contribution in [0.3, 0.4) is 0 Å². The minimum Gasteiger partial charge on any atom is -0.345 e. The second-order valence-corrected chi connectivity index (χ2v) is 8.74. The Morgan fingerprint density at radius 3 is 2.52 bits per heavy atom. The van der Waals surface area contributed by atoms with Crippen LogP contribution >= 0.6 is 11.3 Å². The standard InChI is InChI=1S/C18H21N3OS/c22-17(15-7-14(20-21-15)16-2-1-3-23-16)19-18-8-11-4-12(9-18)6-13(5-11)10-18/h1-3,7,11-13H,4-6,8-10H2,(H,19,22)(H,20,21). The molecule has 4 aliphatic rings. The number of nitrogens with one attached hydrogen (secondary N) is 2. The first-order chi connectivity index (χ1) is 11.2. The van der Waals surface area contributed by atoms with Gasteiger partial charge in [-0.3, -0.25) is 9.89 Å². The van der Waals surface area contributed by atoms with Gasteiger partial charge in [0.25, 0.3) is 5.91 Å². The molecule has 2 aromatic rings. The number of thiophene rings is 1. The molecule has 2 aromatic heterocycles. The van der Waals surface area contributed by atoms with E-state index in [1.54, 1.807) is 11.3 Å². The Morgan fingerprint density at radius 1 is 1.22 bits per heavy atom. The van der Waals surface area contributed by atoms with Crippen molar-refractivity contribution in [3.8, 4) is 10.6 Å². The van der Waals surface area contributed by atoms with Crippen LogP contribution in [0.1, 0.15) is 49.0 Å². The van der Waals surface area contributed by atoms with Crippen LogP contribution in [0.15, 0.2) is 23.6 Å². The van der Waals surface area contributed by atoms with Crippen molar-refractivity contribution in [3.05, 3.63) is 29.3 Å². The van der Waals surface area contributed by atoms with Crippen LogP contribution in [0.2, 0.25) is 0 Å². The van der Waals surface area contributed by atoms with Gasteiger partial charge in [-0.1, -0.05) is 6.07 Å². The van der Waals surface area contributed by atoms with Crippen molar-refractivity contribution >= 4 is 17.2 Å². The molecule has 0 atom stereocenters. The Balaban J connectivity index is 1.36. The molecule has 6 rings (SSSR count). The fraction of sp³-hybridized carbons (Fsp3) is 0.556. The molecule has 0 saturated heterocycles. The van der Waals surface area contributed by atoms with Gasteiger partial charge in [0.05, 0.1) is 10.6 Å². The van der Waals surface area contributed by atoms with Crippen LogP contribution in [-0.4, -0.2) is 21.6 Å². The number of nitrogens with zero attached hydrogens (tertiary/aromatic N) is 1. The maximum atomic E-state index is 12.7. The first kappa shape index (κ1) is 13.8. The molecule has 2 N–H and O–H groups in total. The van der Waals surface area contributed by atoms with Crippen molar-refractivity contribution in [3.63, 3.8) is 0 Å². The highest BCUT2D eigenvalue weighted by Crippen LogP contribution is 2.55. The van der Waals surface area contributed by atoms with Crippen LogP contribution < -0.4 is 5.32 Å². The number of aromatic nitrogens is 2. The predicted octanol–water partition coefficient (Wildman–Crippen LogP) is 3.84. The molecule has 0 radical (unpaired) electrons. The summed E-state index contributed by atoms with van der Waals surface area (Å²) < 4.78 is 0. The van der Waals surface area contributed by atoms with Crippen molar-refractivity contribution in [2.45, 2.75) is 44.1 Å². The quantitative estimate of drug-likeness (QED) is 0.900. The Bertz CT molecular complexity index is 698. The number of amides is 1. The SMILES string of the molecule is O=C(NC12CC3CC(CC(C3)C1)C2)c1cc(-c2cccs2)[nH]n1. The third kappa shape index (κ3) is 2.33. The molecule has 5 heteroatoms. The Labute approximate surface area is 139 Å². The number of carbonyl (C=O) groups excluding carboxylic acids is 1. The number of rotatable bonds is 3. The van der Waals surface area contributed by atoms with Gasteiger partial charge in [-0.05, 0) is 73.8 Å². The van der Waals surface area contributed by atoms with Gasteiger partial charge in [0.15, 0.2) is 5.69 Å². The summed E-state index contributed by atoms with van der Waals surface area (Å²) in [7, 11) is 0. The van der Waals surface area contributed by atoms with Gasteiger partial charge in [0.2, 0.25) is 0 Å². The summed E-state index contributed by atoms with van der Waals surface area (Å²) in [5.41, 5.74) is 1.49. The molecule has 0 aromatic carbocycles. The summed E-state index contributed by atoms with van der Waals surface area (Å²) in [6, 6.07) is 5.93. The molecule has 4 saturated carbocycles. The van der Waals surface area contributed by atoms with Crippen LogP contribution in [0.4, 0.5) is 0 Å². The van der Waals surface area contributed by atoms with Gasteiger partial charge in [-0.2, -0.15) is 5.10 Å². The number of H-pyrrole nitrogens is 1. The van der Waals surface area contributed by atoms with E-state index in [1.807, 2.05) is 23.6 Å². The molecule has 0 spiro atoms.